The fourth-order valence-electron chi connectivity index (χ4n) is 2.66. The van der Waals surface area contributed by atoms with Gasteiger partial charge in [-0.3, -0.25) is 19.8 Å². The van der Waals surface area contributed by atoms with Gasteiger partial charge in [0.2, 0.25) is 5.91 Å². The van der Waals surface area contributed by atoms with E-state index in [0.717, 1.165) is 4.90 Å². The number of nitrogens with zero attached hydrogens (tertiary/aromatic N) is 1. The van der Waals surface area contributed by atoms with Crippen molar-refractivity contribution in [2.45, 2.75) is 37.5 Å². The van der Waals surface area contributed by atoms with E-state index < -0.39 is 42.7 Å². The fraction of sp³-hybridized carbons (Fsp3) is 0.714. The summed E-state index contributed by atoms with van der Waals surface area (Å²) in [6.45, 7) is -1.47. The first kappa shape index (κ1) is 20.7. The number of guanidine groups is 1. The monoisotopic (exact) mass is 362 g/mol. The molecule has 0 aromatic rings. The zero-order chi connectivity index (χ0) is 19.0. The Morgan fingerprint density at radius 3 is 2.60 bits per heavy atom. The van der Waals surface area contributed by atoms with Crippen LogP contribution in [0.4, 0.5) is 8.78 Å². The van der Waals surface area contributed by atoms with Crippen LogP contribution in [0, 0.1) is 5.41 Å². The Hall–Kier alpha value is -2.30. The van der Waals surface area contributed by atoms with E-state index in [1.165, 1.54) is 0 Å². The minimum absolute atomic E-state index is 0.0374. The number of nitrogens with two attached hydrogens (primary N) is 2. The molecule has 0 aromatic carbocycles. The van der Waals surface area contributed by atoms with Gasteiger partial charge in [-0.1, -0.05) is 0 Å². The lowest BCUT2D eigenvalue weighted by Gasteiger charge is -2.31. The molecule has 1 heterocycles. The number of Topliss-reactive ketones (excluding diaryl/α,β-unsaturated/α-hetero) is 1. The molecule has 1 aliphatic rings. The second-order valence-electron chi connectivity index (χ2n) is 5.72. The summed E-state index contributed by atoms with van der Waals surface area (Å²) < 4.78 is 27.7. The van der Waals surface area contributed by atoms with Crippen LogP contribution < -0.4 is 22.1 Å². The second-order valence-corrected chi connectivity index (χ2v) is 5.72. The minimum atomic E-state index is -2.59. The van der Waals surface area contributed by atoms with Gasteiger partial charge < -0.3 is 27.0 Å². The first-order chi connectivity index (χ1) is 11.8. The molecule has 0 saturated carbocycles. The maximum absolute atomic E-state index is 15.0. The summed E-state index contributed by atoms with van der Waals surface area (Å²) in [7, 11) is 0. The standard InChI is InChI=1S/C14H24F2N6O3/c15-7-10(23)9(3-1-5-20-13(18)19)21-12(25)14(16)4-2-6-22(14)11(24)8-17/h9H,1-8,17H2,(H,21,25)(H4,18,19,20)/t9-,14-/m0/s1. The molecule has 1 saturated heterocycles. The van der Waals surface area contributed by atoms with Crippen LogP contribution in [0.5, 0.6) is 0 Å². The Morgan fingerprint density at radius 1 is 1.36 bits per heavy atom. The van der Waals surface area contributed by atoms with Gasteiger partial charge in [0.05, 0.1) is 12.6 Å². The minimum Gasteiger partial charge on any atom is -0.370 e. The number of carbonyl (C=O) groups is 3. The number of amides is 2. The molecular weight excluding hydrogens is 338 g/mol. The van der Waals surface area contributed by atoms with Crippen molar-refractivity contribution in [3.63, 3.8) is 0 Å². The van der Waals surface area contributed by atoms with E-state index in [1.807, 2.05) is 0 Å². The topological polar surface area (TPSA) is 154 Å². The van der Waals surface area contributed by atoms with Crippen LogP contribution >= 0.6 is 0 Å². The molecule has 1 fully saturated rings. The predicted octanol–water partition coefficient (Wildman–Crippen LogP) is -1.48. The van der Waals surface area contributed by atoms with Crippen LogP contribution in [0.1, 0.15) is 25.7 Å². The predicted molar refractivity (Wildman–Crippen MR) is 85.9 cm³/mol. The van der Waals surface area contributed by atoms with Crippen LogP contribution in [0.3, 0.4) is 0 Å². The number of hydrogen-bond acceptors (Lipinski definition) is 5. The SMILES string of the molecule is N=C(N)NCCC[C@H](NC(=O)[C@]1(F)CCCN1C(=O)CN)C(=O)CF. The quantitative estimate of drug-likeness (QED) is 0.146. The molecule has 1 rings (SSSR count). The molecule has 9 nitrogen and oxygen atoms in total. The molecule has 142 valence electrons. The maximum Gasteiger partial charge on any atom is 0.279 e. The van der Waals surface area contributed by atoms with Gasteiger partial charge in [0.25, 0.3) is 11.7 Å². The summed E-state index contributed by atoms with van der Waals surface area (Å²) in [6.07, 6.45) is 0.392. The molecule has 0 unspecified atom stereocenters. The van der Waals surface area contributed by atoms with E-state index in [1.54, 1.807) is 0 Å². The van der Waals surface area contributed by atoms with E-state index in [4.69, 9.17) is 16.9 Å². The Labute approximate surface area is 144 Å². The molecule has 0 spiro atoms. The van der Waals surface area contributed by atoms with Crippen LogP contribution in [0.25, 0.3) is 0 Å². The third-order valence-corrected chi connectivity index (χ3v) is 3.95. The highest BCUT2D eigenvalue weighted by molar-refractivity contribution is 5.95. The van der Waals surface area contributed by atoms with Crippen LogP contribution in [0.15, 0.2) is 0 Å². The molecule has 0 aliphatic carbocycles. The van der Waals surface area contributed by atoms with Crippen molar-refractivity contribution in [2.24, 2.45) is 11.5 Å². The van der Waals surface area contributed by atoms with Crippen LogP contribution in [-0.4, -0.2) is 66.6 Å². The summed E-state index contributed by atoms with van der Waals surface area (Å²) in [6, 6.07) is -1.23. The van der Waals surface area contributed by atoms with E-state index in [0.29, 0.717) is 6.42 Å². The van der Waals surface area contributed by atoms with Crippen molar-refractivity contribution in [3.8, 4) is 0 Å². The first-order valence-electron chi connectivity index (χ1n) is 7.93. The van der Waals surface area contributed by atoms with Gasteiger partial charge in [-0.15, -0.1) is 0 Å². The number of rotatable bonds is 9. The van der Waals surface area contributed by atoms with Gasteiger partial charge in [-0.05, 0) is 19.3 Å². The maximum atomic E-state index is 15.0. The highest BCUT2D eigenvalue weighted by Crippen LogP contribution is 2.31. The molecule has 2 amide bonds. The van der Waals surface area contributed by atoms with E-state index in [9.17, 15) is 18.8 Å². The fourth-order valence-corrected chi connectivity index (χ4v) is 2.66. The molecule has 1 aliphatic heterocycles. The first-order valence-corrected chi connectivity index (χ1v) is 7.93. The third kappa shape index (κ3) is 5.34. The average Bonchev–Trinajstić information content (AvgIpc) is 2.98. The highest BCUT2D eigenvalue weighted by atomic mass is 19.1. The Morgan fingerprint density at radius 2 is 2.04 bits per heavy atom. The van der Waals surface area contributed by atoms with E-state index >= 15 is 4.39 Å². The normalized spacial score (nSPS) is 20.8. The molecule has 0 aromatic heterocycles. The van der Waals surface area contributed by atoms with Crippen LogP contribution in [-0.2, 0) is 14.4 Å². The highest BCUT2D eigenvalue weighted by Gasteiger charge is 2.50. The second kappa shape index (κ2) is 9.25. The molecule has 0 radical (unpaired) electrons. The lowest BCUT2D eigenvalue weighted by Crippen LogP contribution is -2.58. The summed E-state index contributed by atoms with van der Waals surface area (Å²) in [5.41, 5.74) is 10.3. The molecular formula is C14H24F2N6O3. The smallest absolute Gasteiger partial charge is 0.279 e. The Balaban J connectivity index is 2.74. The number of ketones is 1. The number of alkyl halides is 2. The van der Waals surface area contributed by atoms with Crippen LogP contribution in [0.2, 0.25) is 0 Å². The van der Waals surface area contributed by atoms with Gasteiger partial charge in [-0.2, -0.15) is 0 Å². The van der Waals surface area contributed by atoms with Gasteiger partial charge in [-0.25, -0.2) is 8.78 Å². The van der Waals surface area contributed by atoms with E-state index in [2.05, 4.69) is 10.6 Å². The van der Waals surface area contributed by atoms with Crippen molar-refractivity contribution in [1.29, 1.82) is 5.41 Å². The number of likely N-dealkylation sites (tertiary alicyclic amines) is 1. The summed E-state index contributed by atoms with van der Waals surface area (Å²) >= 11 is 0. The van der Waals surface area contributed by atoms with Crippen molar-refractivity contribution >= 4 is 23.6 Å². The third-order valence-electron chi connectivity index (χ3n) is 3.95. The lowest BCUT2D eigenvalue weighted by atomic mass is 10.1. The van der Waals surface area contributed by atoms with Crippen molar-refractivity contribution in [2.75, 3.05) is 26.3 Å². The van der Waals surface area contributed by atoms with Gasteiger partial charge in [0, 0.05) is 19.5 Å². The largest absolute Gasteiger partial charge is 0.370 e. The Bertz CT molecular complexity index is 533. The number of carbonyl (C=O) groups excluding carboxylic acids is 3. The number of halogens is 2. The molecule has 11 heteroatoms. The lowest BCUT2D eigenvalue weighted by molar-refractivity contribution is -0.156. The molecule has 7 N–H and O–H groups in total. The van der Waals surface area contributed by atoms with Crippen molar-refractivity contribution in [1.82, 2.24) is 15.5 Å². The van der Waals surface area contributed by atoms with Gasteiger partial charge >= 0.3 is 0 Å². The molecule has 25 heavy (non-hydrogen) atoms. The number of nitrogens with one attached hydrogen (secondary N) is 3. The van der Waals surface area contributed by atoms with Gasteiger partial charge in [0.15, 0.2) is 11.7 Å². The average molecular weight is 362 g/mol. The van der Waals surface area contributed by atoms with Crippen molar-refractivity contribution in [3.05, 3.63) is 0 Å². The van der Waals surface area contributed by atoms with E-state index in [-0.39, 0.29) is 38.3 Å². The van der Waals surface area contributed by atoms with Gasteiger partial charge in [0.1, 0.15) is 6.67 Å². The zero-order valence-corrected chi connectivity index (χ0v) is 13.8. The molecule has 2 atom stereocenters. The summed E-state index contributed by atoms with van der Waals surface area (Å²) in [5, 5.41) is 11.7. The van der Waals surface area contributed by atoms with Crippen molar-refractivity contribution < 1.29 is 23.2 Å². The molecule has 0 bridgehead atoms. The Kier molecular flexibility index (Phi) is 7.68. The summed E-state index contributed by atoms with van der Waals surface area (Å²) in [5.74, 6) is -5.62. The zero-order valence-electron chi connectivity index (χ0n) is 13.8. The number of hydrogen-bond donors (Lipinski definition) is 5. The summed E-state index contributed by atoms with van der Waals surface area (Å²) in [4.78, 5) is 36.4.